The van der Waals surface area contributed by atoms with Gasteiger partial charge in [-0.2, -0.15) is 0 Å². The zero-order chi connectivity index (χ0) is 13.5. The van der Waals surface area contributed by atoms with E-state index in [4.69, 9.17) is 4.74 Å². The van der Waals surface area contributed by atoms with Crippen LogP contribution in [0.4, 0.5) is 0 Å². The SMILES string of the molecule is Cc1cc(C)c(C)c(OC(C)(C(=O)O)C2CC2)c1. The summed E-state index contributed by atoms with van der Waals surface area (Å²) in [6.45, 7) is 7.67. The van der Waals surface area contributed by atoms with Gasteiger partial charge in [0.25, 0.3) is 0 Å². The van der Waals surface area contributed by atoms with Gasteiger partial charge < -0.3 is 9.84 Å². The highest BCUT2D eigenvalue weighted by Gasteiger charge is 2.50. The Morgan fingerprint density at radius 2 is 1.94 bits per heavy atom. The fourth-order valence-corrected chi connectivity index (χ4v) is 2.27. The van der Waals surface area contributed by atoms with E-state index in [-0.39, 0.29) is 5.92 Å². The fourth-order valence-electron chi connectivity index (χ4n) is 2.27. The predicted octanol–water partition coefficient (Wildman–Crippen LogP) is 3.24. The van der Waals surface area contributed by atoms with Crippen molar-refractivity contribution in [2.75, 3.05) is 0 Å². The van der Waals surface area contributed by atoms with Gasteiger partial charge in [0, 0.05) is 5.92 Å². The minimum Gasteiger partial charge on any atom is -0.478 e. The van der Waals surface area contributed by atoms with Crippen molar-refractivity contribution in [3.05, 3.63) is 28.8 Å². The van der Waals surface area contributed by atoms with E-state index in [1.807, 2.05) is 26.8 Å². The van der Waals surface area contributed by atoms with Crippen LogP contribution < -0.4 is 4.74 Å². The van der Waals surface area contributed by atoms with Crippen molar-refractivity contribution in [2.24, 2.45) is 5.92 Å². The van der Waals surface area contributed by atoms with Gasteiger partial charge in [0.1, 0.15) is 5.75 Å². The van der Waals surface area contributed by atoms with Gasteiger partial charge in [0.2, 0.25) is 5.60 Å². The molecule has 0 aromatic heterocycles. The number of hydrogen-bond donors (Lipinski definition) is 1. The van der Waals surface area contributed by atoms with E-state index in [1.165, 1.54) is 0 Å². The third kappa shape index (κ3) is 2.22. The van der Waals surface area contributed by atoms with E-state index in [9.17, 15) is 9.90 Å². The van der Waals surface area contributed by atoms with Crippen LogP contribution in [0.5, 0.6) is 5.75 Å². The quantitative estimate of drug-likeness (QED) is 0.889. The van der Waals surface area contributed by atoms with Gasteiger partial charge >= 0.3 is 5.97 Å². The Kier molecular flexibility index (Phi) is 3.09. The Labute approximate surface area is 108 Å². The number of hydrogen-bond acceptors (Lipinski definition) is 2. The second-order valence-corrected chi connectivity index (χ2v) is 5.49. The molecule has 0 spiro atoms. The first-order valence-corrected chi connectivity index (χ1v) is 6.35. The predicted molar refractivity (Wildman–Crippen MR) is 70.0 cm³/mol. The number of ether oxygens (including phenoxy) is 1. The third-order valence-corrected chi connectivity index (χ3v) is 3.87. The normalized spacial score (nSPS) is 18.2. The van der Waals surface area contributed by atoms with Crippen LogP contribution in [0.15, 0.2) is 12.1 Å². The third-order valence-electron chi connectivity index (χ3n) is 3.87. The first kappa shape index (κ1) is 12.9. The minimum atomic E-state index is -1.09. The highest BCUT2D eigenvalue weighted by Crippen LogP contribution is 2.43. The zero-order valence-corrected chi connectivity index (χ0v) is 11.4. The van der Waals surface area contributed by atoms with Gasteiger partial charge in [-0.15, -0.1) is 0 Å². The average Bonchev–Trinajstić information content (AvgIpc) is 3.08. The molecule has 1 atom stereocenters. The van der Waals surface area contributed by atoms with Crippen molar-refractivity contribution in [3.8, 4) is 5.75 Å². The van der Waals surface area contributed by atoms with Crippen LogP contribution in [0.25, 0.3) is 0 Å². The van der Waals surface area contributed by atoms with Gasteiger partial charge in [-0.25, -0.2) is 4.79 Å². The summed E-state index contributed by atoms with van der Waals surface area (Å²) in [6.07, 6.45) is 1.87. The molecular formula is C15H20O3. The van der Waals surface area contributed by atoms with Crippen molar-refractivity contribution >= 4 is 5.97 Å². The molecule has 0 aliphatic heterocycles. The van der Waals surface area contributed by atoms with Crippen LogP contribution in [-0.2, 0) is 4.79 Å². The maximum atomic E-state index is 11.5. The summed E-state index contributed by atoms with van der Waals surface area (Å²) in [5.41, 5.74) is 2.16. The van der Waals surface area contributed by atoms with E-state index in [0.29, 0.717) is 5.75 Å². The van der Waals surface area contributed by atoms with Gasteiger partial charge in [-0.1, -0.05) is 6.07 Å². The molecule has 1 saturated carbocycles. The average molecular weight is 248 g/mol. The summed E-state index contributed by atoms with van der Waals surface area (Å²) >= 11 is 0. The Balaban J connectivity index is 2.35. The van der Waals surface area contributed by atoms with E-state index in [0.717, 1.165) is 29.5 Å². The van der Waals surface area contributed by atoms with Gasteiger partial charge in [0.15, 0.2) is 0 Å². The number of carboxylic acid groups (broad SMARTS) is 1. The Bertz CT molecular complexity index is 489. The van der Waals surface area contributed by atoms with Gasteiger partial charge in [0.05, 0.1) is 0 Å². The second kappa shape index (κ2) is 4.30. The lowest BCUT2D eigenvalue weighted by Gasteiger charge is -2.27. The van der Waals surface area contributed by atoms with Crippen LogP contribution in [0, 0.1) is 26.7 Å². The number of rotatable bonds is 4. The van der Waals surface area contributed by atoms with E-state index < -0.39 is 11.6 Å². The summed E-state index contributed by atoms with van der Waals surface area (Å²) < 4.78 is 5.88. The maximum Gasteiger partial charge on any atom is 0.348 e. The molecule has 3 nitrogen and oxygen atoms in total. The van der Waals surface area contributed by atoms with Crippen LogP contribution in [0.3, 0.4) is 0 Å². The van der Waals surface area contributed by atoms with Crippen molar-refractivity contribution in [3.63, 3.8) is 0 Å². The van der Waals surface area contributed by atoms with Crippen LogP contribution in [0.2, 0.25) is 0 Å². The summed E-state index contributed by atoms with van der Waals surface area (Å²) in [5.74, 6) is -0.0388. The zero-order valence-electron chi connectivity index (χ0n) is 11.4. The molecule has 3 heteroatoms. The summed E-state index contributed by atoms with van der Waals surface area (Å²) in [6, 6.07) is 4.00. The number of aliphatic carboxylic acids is 1. The summed E-state index contributed by atoms with van der Waals surface area (Å²) in [7, 11) is 0. The highest BCUT2D eigenvalue weighted by molar-refractivity contribution is 5.78. The lowest BCUT2D eigenvalue weighted by Crippen LogP contribution is -2.43. The van der Waals surface area contributed by atoms with E-state index in [1.54, 1.807) is 6.92 Å². The fraction of sp³-hybridized carbons (Fsp3) is 0.533. The maximum absolute atomic E-state index is 11.5. The molecule has 1 fully saturated rings. The summed E-state index contributed by atoms with van der Waals surface area (Å²) in [4.78, 5) is 11.5. The van der Waals surface area contributed by atoms with E-state index in [2.05, 4.69) is 6.07 Å². The molecule has 1 aliphatic rings. The lowest BCUT2D eigenvalue weighted by molar-refractivity contribution is -0.155. The van der Waals surface area contributed by atoms with Gasteiger partial charge in [-0.3, -0.25) is 0 Å². The first-order chi connectivity index (χ1) is 8.34. The van der Waals surface area contributed by atoms with Crippen molar-refractivity contribution in [2.45, 2.75) is 46.1 Å². The monoisotopic (exact) mass is 248 g/mol. The molecule has 1 N–H and O–H groups in total. The number of aryl methyl sites for hydroxylation is 2. The Morgan fingerprint density at radius 3 is 2.44 bits per heavy atom. The van der Waals surface area contributed by atoms with Crippen LogP contribution in [-0.4, -0.2) is 16.7 Å². The van der Waals surface area contributed by atoms with Crippen molar-refractivity contribution < 1.29 is 14.6 Å². The molecule has 0 radical (unpaired) electrons. The smallest absolute Gasteiger partial charge is 0.348 e. The van der Waals surface area contributed by atoms with Gasteiger partial charge in [-0.05, 0) is 63.3 Å². The second-order valence-electron chi connectivity index (χ2n) is 5.49. The molecule has 0 bridgehead atoms. The molecule has 1 unspecified atom stereocenters. The molecule has 98 valence electrons. The lowest BCUT2D eigenvalue weighted by atomic mass is 9.99. The topological polar surface area (TPSA) is 46.5 Å². The molecule has 0 saturated heterocycles. The number of carbonyl (C=O) groups is 1. The molecule has 0 heterocycles. The molecular weight excluding hydrogens is 228 g/mol. The molecule has 1 aromatic carbocycles. The van der Waals surface area contributed by atoms with Crippen LogP contribution in [0.1, 0.15) is 36.5 Å². The number of carboxylic acids is 1. The largest absolute Gasteiger partial charge is 0.478 e. The molecule has 2 rings (SSSR count). The standard InChI is InChI=1S/C15H20O3/c1-9-7-10(2)11(3)13(8-9)18-15(4,14(16)17)12-5-6-12/h7-8,12H,5-6H2,1-4H3,(H,16,17). The summed E-state index contributed by atoms with van der Waals surface area (Å²) in [5, 5.41) is 9.41. The Hall–Kier alpha value is -1.51. The Morgan fingerprint density at radius 1 is 1.33 bits per heavy atom. The molecule has 18 heavy (non-hydrogen) atoms. The first-order valence-electron chi connectivity index (χ1n) is 6.35. The molecule has 0 amide bonds. The van der Waals surface area contributed by atoms with Crippen LogP contribution >= 0.6 is 0 Å². The number of benzene rings is 1. The van der Waals surface area contributed by atoms with Crippen molar-refractivity contribution in [1.29, 1.82) is 0 Å². The molecule has 1 aromatic rings. The van der Waals surface area contributed by atoms with E-state index >= 15 is 0 Å². The minimum absolute atomic E-state index is 0.134. The highest BCUT2D eigenvalue weighted by atomic mass is 16.5. The van der Waals surface area contributed by atoms with Crippen molar-refractivity contribution in [1.82, 2.24) is 0 Å². The molecule has 1 aliphatic carbocycles.